The van der Waals surface area contributed by atoms with Gasteiger partial charge in [-0.05, 0) is 37.8 Å². The fourth-order valence-corrected chi connectivity index (χ4v) is 5.43. The smallest absolute Gasteiger partial charge is 0.322 e. The normalized spacial score (nSPS) is 23.8. The minimum atomic E-state index is -0.317. The van der Waals surface area contributed by atoms with Crippen molar-refractivity contribution < 1.29 is 19.2 Å². The number of imide groups is 2. The zero-order valence-electron chi connectivity index (χ0n) is 22.0. The molecule has 4 atom stereocenters. The molecule has 2 heterocycles. The lowest BCUT2D eigenvalue weighted by molar-refractivity contribution is -0.130. The van der Waals surface area contributed by atoms with Crippen LogP contribution in [0.5, 0.6) is 0 Å². The van der Waals surface area contributed by atoms with Crippen molar-refractivity contribution in [2.45, 2.75) is 70.1 Å². The minimum Gasteiger partial charge on any atom is -0.322 e. The van der Waals surface area contributed by atoms with E-state index in [1.165, 1.54) is 9.80 Å². The van der Waals surface area contributed by atoms with Crippen molar-refractivity contribution in [3.8, 4) is 0 Å². The monoisotopic (exact) mass is 504 g/mol. The van der Waals surface area contributed by atoms with E-state index < -0.39 is 0 Å². The summed E-state index contributed by atoms with van der Waals surface area (Å²) in [6.45, 7) is 3.91. The maximum Gasteiger partial charge on any atom is 0.327 e. The average molecular weight is 505 g/mol. The molecule has 8 nitrogen and oxygen atoms in total. The topological polar surface area (TPSA) is 81.2 Å². The molecule has 0 aromatic heterocycles. The molecule has 0 radical (unpaired) electrons. The maximum atomic E-state index is 13.1. The second-order valence-corrected chi connectivity index (χ2v) is 10.1. The molecule has 2 aliphatic rings. The van der Waals surface area contributed by atoms with Gasteiger partial charge < -0.3 is 9.80 Å². The highest BCUT2D eigenvalue weighted by Crippen LogP contribution is 2.36. The maximum absolute atomic E-state index is 13.1. The van der Waals surface area contributed by atoms with Crippen LogP contribution in [-0.4, -0.2) is 69.7 Å². The molecule has 37 heavy (non-hydrogen) atoms. The Labute approximate surface area is 218 Å². The Morgan fingerprint density at radius 3 is 1.32 bits per heavy atom. The van der Waals surface area contributed by atoms with Gasteiger partial charge in [0.2, 0.25) is 11.8 Å². The molecule has 0 N–H and O–H groups in total. The Hall–Kier alpha value is -3.68. The van der Waals surface area contributed by atoms with E-state index >= 15 is 0 Å². The van der Waals surface area contributed by atoms with Crippen molar-refractivity contribution in [2.24, 2.45) is 0 Å². The van der Waals surface area contributed by atoms with Gasteiger partial charge in [0.05, 0.1) is 24.2 Å². The summed E-state index contributed by atoms with van der Waals surface area (Å²) in [6, 6.07) is 17.8. The van der Waals surface area contributed by atoms with E-state index in [9.17, 15) is 19.2 Å². The lowest BCUT2D eigenvalue weighted by Crippen LogP contribution is -2.36. The van der Waals surface area contributed by atoms with E-state index in [4.69, 9.17) is 0 Å². The molecule has 8 heteroatoms. The van der Waals surface area contributed by atoms with Crippen LogP contribution in [0.1, 0.15) is 69.2 Å². The summed E-state index contributed by atoms with van der Waals surface area (Å²) in [6.07, 6.45) is 2.27. The number of amides is 6. The quantitative estimate of drug-likeness (QED) is 0.475. The van der Waals surface area contributed by atoms with E-state index in [1.807, 2.05) is 74.5 Å². The van der Waals surface area contributed by atoms with Crippen LogP contribution in [0, 0.1) is 0 Å². The van der Waals surface area contributed by atoms with E-state index in [-0.39, 0.29) is 60.9 Å². The largest absolute Gasteiger partial charge is 0.327 e. The predicted molar refractivity (Wildman–Crippen MR) is 140 cm³/mol. The molecule has 2 aromatic carbocycles. The predicted octanol–water partition coefficient (Wildman–Crippen LogP) is 4.98. The van der Waals surface area contributed by atoms with Crippen LogP contribution < -0.4 is 0 Å². The number of nitrogens with zero attached hydrogens (tertiary/aromatic N) is 4. The number of hydrogen-bond donors (Lipinski definition) is 0. The first kappa shape index (κ1) is 26.4. The highest BCUT2D eigenvalue weighted by atomic mass is 16.2. The number of likely N-dealkylation sites (N-methyl/N-ethyl adjacent to an activating group) is 2. The van der Waals surface area contributed by atoms with Crippen molar-refractivity contribution in [2.75, 3.05) is 14.1 Å². The van der Waals surface area contributed by atoms with Crippen LogP contribution in [0.15, 0.2) is 60.7 Å². The van der Waals surface area contributed by atoms with E-state index in [1.54, 1.807) is 23.9 Å². The second-order valence-electron chi connectivity index (χ2n) is 10.1. The van der Waals surface area contributed by atoms with Crippen molar-refractivity contribution in [3.05, 3.63) is 71.8 Å². The van der Waals surface area contributed by atoms with Crippen LogP contribution in [0.3, 0.4) is 0 Å². The number of benzene rings is 2. The molecule has 2 fully saturated rings. The molecule has 0 spiro atoms. The van der Waals surface area contributed by atoms with Crippen LogP contribution in [0.4, 0.5) is 9.59 Å². The molecule has 2 saturated heterocycles. The van der Waals surface area contributed by atoms with Gasteiger partial charge in [0, 0.05) is 26.9 Å². The highest BCUT2D eigenvalue weighted by molar-refractivity contribution is 5.97. The Morgan fingerprint density at radius 2 is 0.973 bits per heavy atom. The Balaban J connectivity index is 1.32. The third-order valence-electron chi connectivity index (χ3n) is 7.81. The molecule has 0 bridgehead atoms. The van der Waals surface area contributed by atoms with Crippen molar-refractivity contribution in [1.82, 2.24) is 19.6 Å². The first-order chi connectivity index (χ1) is 17.7. The number of carbonyl (C=O) groups excluding carboxylic acids is 4. The number of unbranched alkanes of at least 4 members (excludes halogenated alkanes) is 2. The number of hydrogen-bond acceptors (Lipinski definition) is 4. The van der Waals surface area contributed by atoms with Crippen LogP contribution in [-0.2, 0) is 9.59 Å². The molecule has 196 valence electrons. The van der Waals surface area contributed by atoms with Crippen LogP contribution in [0.2, 0.25) is 0 Å². The van der Waals surface area contributed by atoms with Crippen molar-refractivity contribution >= 4 is 23.9 Å². The van der Waals surface area contributed by atoms with Gasteiger partial charge in [-0.1, -0.05) is 67.1 Å². The third kappa shape index (κ3) is 5.10. The summed E-state index contributed by atoms with van der Waals surface area (Å²) in [5.41, 5.74) is 1.88. The molecule has 6 amide bonds. The van der Waals surface area contributed by atoms with Gasteiger partial charge in [0.15, 0.2) is 0 Å². The van der Waals surface area contributed by atoms with Crippen LogP contribution in [0.25, 0.3) is 0 Å². The molecule has 0 unspecified atom stereocenters. The second kappa shape index (κ2) is 11.2. The Kier molecular flexibility index (Phi) is 7.95. The van der Waals surface area contributed by atoms with Crippen molar-refractivity contribution in [3.63, 3.8) is 0 Å². The van der Waals surface area contributed by atoms with E-state index in [0.717, 1.165) is 11.1 Å². The van der Waals surface area contributed by atoms with Gasteiger partial charge in [-0.3, -0.25) is 19.4 Å². The van der Waals surface area contributed by atoms with E-state index in [2.05, 4.69) is 0 Å². The first-order valence-corrected chi connectivity index (χ1v) is 13.0. The number of rotatable bonds is 8. The molecule has 0 saturated carbocycles. The summed E-state index contributed by atoms with van der Waals surface area (Å²) in [7, 11) is 3.45. The third-order valence-corrected chi connectivity index (χ3v) is 7.81. The zero-order valence-corrected chi connectivity index (χ0v) is 22.0. The van der Waals surface area contributed by atoms with Gasteiger partial charge >= 0.3 is 12.1 Å². The number of urea groups is 2. The van der Waals surface area contributed by atoms with Crippen molar-refractivity contribution in [1.29, 1.82) is 0 Å². The minimum absolute atomic E-state index is 0.118. The summed E-state index contributed by atoms with van der Waals surface area (Å²) in [5, 5.41) is 0. The SMILES string of the molecule is C[C@H]1[C@@H](c2ccccc2)N(C(=O)CCCCCC(=O)N2C(=O)N(C)[C@@H](C)[C@H]2c2ccccc2)C(=O)N1C. The molecular formula is C29H36N4O4. The fourth-order valence-electron chi connectivity index (χ4n) is 5.43. The average Bonchev–Trinajstić information content (AvgIpc) is 3.28. The molecule has 0 aliphatic carbocycles. The first-order valence-electron chi connectivity index (χ1n) is 13.0. The summed E-state index contributed by atoms with van der Waals surface area (Å²) in [5.74, 6) is -0.397. The van der Waals surface area contributed by atoms with Crippen LogP contribution >= 0.6 is 0 Å². The van der Waals surface area contributed by atoms with Gasteiger partial charge in [-0.25, -0.2) is 9.59 Å². The standard InChI is InChI=1S/C29H36N4O4/c1-20-26(22-14-8-5-9-15-22)32(28(36)30(20)3)24(34)18-12-7-13-19-25(35)33-27(21(2)31(4)29(33)37)23-16-10-6-11-17-23/h5-6,8-11,14-17,20-21,26-27H,7,12-13,18-19H2,1-4H3/t20-,21-,26-,27-/m0/s1. The highest BCUT2D eigenvalue weighted by Gasteiger charge is 2.46. The number of carbonyl (C=O) groups is 4. The Bertz CT molecular complexity index is 1050. The summed E-state index contributed by atoms with van der Waals surface area (Å²) < 4.78 is 0. The van der Waals surface area contributed by atoms with E-state index in [0.29, 0.717) is 19.3 Å². The van der Waals surface area contributed by atoms with Gasteiger partial charge in [0.1, 0.15) is 0 Å². The zero-order chi connectivity index (χ0) is 26.7. The molecule has 2 aromatic rings. The fraction of sp³-hybridized carbons (Fsp3) is 0.448. The molecule has 2 aliphatic heterocycles. The Morgan fingerprint density at radius 1 is 0.622 bits per heavy atom. The van der Waals surface area contributed by atoms with Gasteiger partial charge in [0.25, 0.3) is 0 Å². The lowest BCUT2D eigenvalue weighted by atomic mass is 9.99. The lowest BCUT2D eigenvalue weighted by Gasteiger charge is -2.24. The van der Waals surface area contributed by atoms with Gasteiger partial charge in [-0.15, -0.1) is 0 Å². The summed E-state index contributed by atoms with van der Waals surface area (Å²) >= 11 is 0. The molecular weight excluding hydrogens is 468 g/mol. The molecule has 4 rings (SSSR count). The summed E-state index contributed by atoms with van der Waals surface area (Å²) in [4.78, 5) is 57.9. The van der Waals surface area contributed by atoms with Gasteiger partial charge in [-0.2, -0.15) is 0 Å².